The number of carbonyl (C=O) groups is 2. The SMILES string of the molecule is CN(C(=O)CC1(CC(=O)O)CCCCC1)c1cccnc1. The summed E-state index contributed by atoms with van der Waals surface area (Å²) >= 11 is 0. The summed E-state index contributed by atoms with van der Waals surface area (Å²) in [6, 6.07) is 3.61. The van der Waals surface area contributed by atoms with E-state index in [-0.39, 0.29) is 17.7 Å². The number of amides is 1. The van der Waals surface area contributed by atoms with E-state index in [0.717, 1.165) is 37.8 Å². The van der Waals surface area contributed by atoms with Crippen LogP contribution in [-0.4, -0.2) is 29.0 Å². The third-order valence-corrected chi connectivity index (χ3v) is 4.37. The van der Waals surface area contributed by atoms with Crippen LogP contribution in [0, 0.1) is 5.41 Å². The van der Waals surface area contributed by atoms with Crippen molar-refractivity contribution in [3.8, 4) is 0 Å². The van der Waals surface area contributed by atoms with E-state index in [1.165, 1.54) is 0 Å². The molecule has 0 saturated heterocycles. The largest absolute Gasteiger partial charge is 0.481 e. The zero-order chi connectivity index (χ0) is 15.3. The third-order valence-electron chi connectivity index (χ3n) is 4.37. The lowest BCUT2D eigenvalue weighted by atomic mass is 9.69. The van der Waals surface area contributed by atoms with E-state index >= 15 is 0 Å². The van der Waals surface area contributed by atoms with Gasteiger partial charge in [-0.15, -0.1) is 0 Å². The second-order valence-electron chi connectivity index (χ2n) is 5.97. The van der Waals surface area contributed by atoms with Gasteiger partial charge in [-0.3, -0.25) is 14.6 Å². The Balaban J connectivity index is 2.09. The lowest BCUT2D eigenvalue weighted by Crippen LogP contribution is -2.36. The van der Waals surface area contributed by atoms with Gasteiger partial charge in [0.2, 0.25) is 5.91 Å². The lowest BCUT2D eigenvalue weighted by molar-refractivity contribution is -0.141. The first kappa shape index (κ1) is 15.5. The molecule has 2 rings (SSSR count). The summed E-state index contributed by atoms with van der Waals surface area (Å²) in [6.45, 7) is 0. The highest BCUT2D eigenvalue weighted by atomic mass is 16.4. The quantitative estimate of drug-likeness (QED) is 0.905. The van der Waals surface area contributed by atoms with E-state index in [4.69, 9.17) is 5.11 Å². The van der Waals surface area contributed by atoms with E-state index in [9.17, 15) is 9.59 Å². The van der Waals surface area contributed by atoms with Crippen LogP contribution in [0.15, 0.2) is 24.5 Å². The van der Waals surface area contributed by atoms with Crippen molar-refractivity contribution >= 4 is 17.6 Å². The van der Waals surface area contributed by atoms with Crippen molar-refractivity contribution in [2.75, 3.05) is 11.9 Å². The average Bonchev–Trinajstić information content (AvgIpc) is 2.47. The zero-order valence-corrected chi connectivity index (χ0v) is 12.4. The van der Waals surface area contributed by atoms with E-state index in [1.807, 2.05) is 6.07 Å². The van der Waals surface area contributed by atoms with Gasteiger partial charge in [0.25, 0.3) is 0 Å². The van der Waals surface area contributed by atoms with Gasteiger partial charge < -0.3 is 10.0 Å². The predicted octanol–water partition coefficient (Wildman–Crippen LogP) is 2.86. The van der Waals surface area contributed by atoms with Crippen molar-refractivity contribution in [1.29, 1.82) is 0 Å². The Hall–Kier alpha value is -1.91. The second kappa shape index (κ2) is 6.70. The smallest absolute Gasteiger partial charge is 0.303 e. The predicted molar refractivity (Wildman–Crippen MR) is 80.0 cm³/mol. The van der Waals surface area contributed by atoms with Crippen LogP contribution in [-0.2, 0) is 9.59 Å². The fraction of sp³-hybridized carbons (Fsp3) is 0.562. The van der Waals surface area contributed by atoms with Gasteiger partial charge in [0, 0.05) is 19.7 Å². The fourth-order valence-corrected chi connectivity index (χ4v) is 3.17. The standard InChI is InChI=1S/C16H22N2O3/c1-18(13-6-5-9-17-12-13)14(19)10-16(11-15(20)21)7-3-2-4-8-16/h5-6,9,12H,2-4,7-8,10-11H2,1H3,(H,20,21). The molecule has 1 N–H and O–H groups in total. The Kier molecular flexibility index (Phi) is 4.94. The number of nitrogens with zero attached hydrogens (tertiary/aromatic N) is 2. The van der Waals surface area contributed by atoms with E-state index in [2.05, 4.69) is 4.98 Å². The van der Waals surface area contributed by atoms with Crippen LogP contribution in [0.1, 0.15) is 44.9 Å². The molecule has 114 valence electrons. The van der Waals surface area contributed by atoms with Gasteiger partial charge in [-0.05, 0) is 30.4 Å². The molecule has 0 spiro atoms. The number of aliphatic carboxylic acids is 1. The topological polar surface area (TPSA) is 70.5 Å². The van der Waals surface area contributed by atoms with Crippen LogP contribution in [0.4, 0.5) is 5.69 Å². The highest BCUT2D eigenvalue weighted by molar-refractivity contribution is 5.93. The summed E-state index contributed by atoms with van der Waals surface area (Å²) < 4.78 is 0. The van der Waals surface area contributed by atoms with Gasteiger partial charge in [0.15, 0.2) is 0 Å². The molecule has 5 nitrogen and oxygen atoms in total. The van der Waals surface area contributed by atoms with Gasteiger partial charge in [0.05, 0.1) is 18.3 Å². The molecule has 1 aliphatic rings. The average molecular weight is 290 g/mol. The molecular weight excluding hydrogens is 268 g/mol. The van der Waals surface area contributed by atoms with Crippen molar-refractivity contribution in [1.82, 2.24) is 4.98 Å². The van der Waals surface area contributed by atoms with Gasteiger partial charge in [-0.2, -0.15) is 0 Å². The molecule has 0 unspecified atom stereocenters. The summed E-state index contributed by atoms with van der Waals surface area (Å²) in [5, 5.41) is 9.16. The number of hydrogen-bond acceptors (Lipinski definition) is 3. The maximum absolute atomic E-state index is 12.5. The van der Waals surface area contributed by atoms with Crippen LogP contribution in [0.3, 0.4) is 0 Å². The number of carbonyl (C=O) groups excluding carboxylic acids is 1. The number of rotatable bonds is 5. The molecule has 1 aromatic heterocycles. The van der Waals surface area contributed by atoms with Crippen molar-refractivity contribution in [3.05, 3.63) is 24.5 Å². The highest BCUT2D eigenvalue weighted by Crippen LogP contribution is 2.42. The first-order valence-corrected chi connectivity index (χ1v) is 7.41. The number of anilines is 1. The normalized spacial score (nSPS) is 17.2. The minimum atomic E-state index is -0.811. The summed E-state index contributed by atoms with van der Waals surface area (Å²) in [6.07, 6.45) is 8.49. The van der Waals surface area contributed by atoms with Crippen molar-refractivity contribution in [2.45, 2.75) is 44.9 Å². The number of aromatic nitrogens is 1. The maximum Gasteiger partial charge on any atom is 0.303 e. The molecule has 1 fully saturated rings. The lowest BCUT2D eigenvalue weighted by Gasteiger charge is -2.36. The monoisotopic (exact) mass is 290 g/mol. The molecule has 1 aromatic rings. The summed E-state index contributed by atoms with van der Waals surface area (Å²) in [5.74, 6) is -0.847. The third kappa shape index (κ3) is 4.03. The number of hydrogen-bond donors (Lipinski definition) is 1. The fourth-order valence-electron chi connectivity index (χ4n) is 3.17. The minimum Gasteiger partial charge on any atom is -0.481 e. The van der Waals surface area contributed by atoms with Crippen molar-refractivity contribution in [2.24, 2.45) is 5.41 Å². The number of carboxylic acids is 1. The molecule has 21 heavy (non-hydrogen) atoms. The van der Waals surface area contributed by atoms with Crippen LogP contribution < -0.4 is 4.90 Å². The Bertz CT molecular complexity index is 496. The van der Waals surface area contributed by atoms with E-state index in [0.29, 0.717) is 6.42 Å². The van der Waals surface area contributed by atoms with E-state index < -0.39 is 5.97 Å². The van der Waals surface area contributed by atoms with Gasteiger partial charge in [-0.1, -0.05) is 19.3 Å². The molecular formula is C16H22N2O3. The van der Waals surface area contributed by atoms with Crippen molar-refractivity contribution in [3.63, 3.8) is 0 Å². The molecule has 1 amide bonds. The summed E-state index contributed by atoms with van der Waals surface area (Å²) in [7, 11) is 1.72. The van der Waals surface area contributed by atoms with E-state index in [1.54, 1.807) is 30.4 Å². The molecule has 1 aliphatic carbocycles. The molecule has 5 heteroatoms. The van der Waals surface area contributed by atoms with Crippen LogP contribution in [0.2, 0.25) is 0 Å². The molecule has 0 aliphatic heterocycles. The van der Waals surface area contributed by atoms with Gasteiger partial charge >= 0.3 is 5.97 Å². The van der Waals surface area contributed by atoms with Crippen LogP contribution in [0.5, 0.6) is 0 Å². The summed E-state index contributed by atoms with van der Waals surface area (Å²) in [5.41, 5.74) is 0.362. The maximum atomic E-state index is 12.5. The first-order valence-electron chi connectivity index (χ1n) is 7.41. The molecule has 1 heterocycles. The van der Waals surface area contributed by atoms with Gasteiger partial charge in [-0.25, -0.2) is 0 Å². The zero-order valence-electron chi connectivity index (χ0n) is 12.4. The molecule has 0 atom stereocenters. The Morgan fingerprint density at radius 3 is 2.57 bits per heavy atom. The van der Waals surface area contributed by atoms with Crippen molar-refractivity contribution < 1.29 is 14.7 Å². The minimum absolute atomic E-state index is 0.0360. The Morgan fingerprint density at radius 2 is 2.00 bits per heavy atom. The highest BCUT2D eigenvalue weighted by Gasteiger charge is 2.37. The summed E-state index contributed by atoms with van der Waals surface area (Å²) in [4.78, 5) is 29.3. The second-order valence-corrected chi connectivity index (χ2v) is 5.97. The Morgan fingerprint density at radius 1 is 1.29 bits per heavy atom. The molecule has 0 bridgehead atoms. The molecule has 0 aromatic carbocycles. The molecule has 1 saturated carbocycles. The number of pyridine rings is 1. The number of carboxylic acid groups (broad SMARTS) is 1. The van der Waals surface area contributed by atoms with Crippen LogP contribution in [0.25, 0.3) is 0 Å². The van der Waals surface area contributed by atoms with Gasteiger partial charge in [0.1, 0.15) is 0 Å². The van der Waals surface area contributed by atoms with Crippen LogP contribution >= 0.6 is 0 Å². The molecule has 0 radical (unpaired) electrons. The first-order chi connectivity index (χ1) is 10.0. The Labute approximate surface area is 125 Å².